The summed E-state index contributed by atoms with van der Waals surface area (Å²) in [6.07, 6.45) is 6.72. The van der Waals surface area contributed by atoms with Gasteiger partial charge in [-0.3, -0.25) is 19.2 Å². The lowest BCUT2D eigenvalue weighted by atomic mass is 9.85. The fraction of sp³-hybridized carbons (Fsp3) is 0.588. The first-order valence-electron chi connectivity index (χ1n) is 15.3. The third kappa shape index (κ3) is 10.9. The van der Waals surface area contributed by atoms with Gasteiger partial charge in [-0.25, -0.2) is 0 Å². The van der Waals surface area contributed by atoms with Crippen LogP contribution in [0.1, 0.15) is 47.5 Å². The van der Waals surface area contributed by atoms with E-state index in [-0.39, 0.29) is 47.6 Å². The largest absolute Gasteiger partial charge is 0.455 e. The molecule has 0 aromatic rings. The quantitative estimate of drug-likeness (QED) is 0.235. The average molecular weight is 630 g/mol. The summed E-state index contributed by atoms with van der Waals surface area (Å²) in [7, 11) is 8.59. The van der Waals surface area contributed by atoms with Crippen LogP contribution < -0.4 is 10.6 Å². The molecule has 11 nitrogen and oxygen atoms in total. The molecular formula is C34H51N3O8. The second-order valence-corrected chi connectivity index (χ2v) is 12.0. The number of carbonyl (C=O) groups is 4. The van der Waals surface area contributed by atoms with Crippen LogP contribution >= 0.6 is 0 Å². The van der Waals surface area contributed by atoms with Crippen molar-refractivity contribution in [2.24, 2.45) is 11.8 Å². The Morgan fingerprint density at radius 3 is 2.33 bits per heavy atom. The van der Waals surface area contributed by atoms with Crippen LogP contribution in [-0.4, -0.2) is 101 Å². The summed E-state index contributed by atoms with van der Waals surface area (Å²) in [6.45, 7) is 9.92. The average Bonchev–Trinajstić information content (AvgIpc) is 2.97. The van der Waals surface area contributed by atoms with Crippen LogP contribution in [0.25, 0.3) is 0 Å². The molecule has 0 unspecified atom stereocenters. The number of rotatable bonds is 8. The first-order valence-corrected chi connectivity index (χ1v) is 15.3. The van der Waals surface area contributed by atoms with E-state index in [2.05, 4.69) is 10.6 Å². The second-order valence-electron chi connectivity index (χ2n) is 12.0. The van der Waals surface area contributed by atoms with Gasteiger partial charge >= 0.3 is 5.97 Å². The molecule has 0 saturated carbocycles. The molecule has 1 aliphatic carbocycles. The van der Waals surface area contributed by atoms with E-state index in [1.54, 1.807) is 39.4 Å². The molecular weight excluding hydrogens is 578 g/mol. The molecule has 250 valence electrons. The van der Waals surface area contributed by atoms with Gasteiger partial charge in [0.1, 0.15) is 6.10 Å². The number of nitrogens with zero attached hydrogens (tertiary/aromatic N) is 1. The van der Waals surface area contributed by atoms with Gasteiger partial charge in [0.15, 0.2) is 6.10 Å². The number of likely N-dealkylation sites (N-methyl/N-ethyl adjacent to an activating group) is 1. The van der Waals surface area contributed by atoms with Gasteiger partial charge in [0.25, 0.3) is 5.91 Å². The Morgan fingerprint density at radius 2 is 1.76 bits per heavy atom. The Labute approximate surface area is 267 Å². The molecule has 2 aliphatic rings. The maximum absolute atomic E-state index is 13.8. The Kier molecular flexibility index (Phi) is 15.1. The van der Waals surface area contributed by atoms with Crippen LogP contribution in [0.2, 0.25) is 0 Å². The van der Waals surface area contributed by atoms with Gasteiger partial charge in [-0.2, -0.15) is 0 Å². The number of amides is 1. The van der Waals surface area contributed by atoms with Gasteiger partial charge in [-0.05, 0) is 52.3 Å². The molecule has 0 fully saturated rings. The summed E-state index contributed by atoms with van der Waals surface area (Å²) in [5, 5.41) is 5.80. The third-order valence-corrected chi connectivity index (χ3v) is 7.94. The lowest BCUT2D eigenvalue weighted by Gasteiger charge is -2.32. The van der Waals surface area contributed by atoms with E-state index in [4.69, 9.17) is 18.9 Å². The van der Waals surface area contributed by atoms with Gasteiger partial charge in [0.05, 0.1) is 23.6 Å². The van der Waals surface area contributed by atoms with E-state index in [9.17, 15) is 19.2 Å². The van der Waals surface area contributed by atoms with Crippen molar-refractivity contribution in [2.75, 3.05) is 48.5 Å². The van der Waals surface area contributed by atoms with Crippen LogP contribution in [0.3, 0.4) is 0 Å². The Balaban J connectivity index is 2.64. The summed E-state index contributed by atoms with van der Waals surface area (Å²) in [4.78, 5) is 54.2. The molecule has 0 aromatic carbocycles. The molecule has 1 amide bonds. The Bertz CT molecular complexity index is 1250. The number of esters is 1. The third-order valence-electron chi connectivity index (χ3n) is 7.94. The predicted octanol–water partition coefficient (Wildman–Crippen LogP) is 3.04. The monoisotopic (exact) mass is 629 g/mol. The van der Waals surface area contributed by atoms with Crippen molar-refractivity contribution < 1.29 is 38.1 Å². The minimum Gasteiger partial charge on any atom is -0.455 e. The van der Waals surface area contributed by atoms with E-state index in [0.29, 0.717) is 30.7 Å². The summed E-state index contributed by atoms with van der Waals surface area (Å²) >= 11 is 0. The molecule has 0 aromatic heterocycles. The van der Waals surface area contributed by atoms with Crippen LogP contribution in [0, 0.1) is 11.8 Å². The Morgan fingerprint density at radius 1 is 1.07 bits per heavy atom. The van der Waals surface area contributed by atoms with Crippen molar-refractivity contribution >= 4 is 23.4 Å². The second kappa shape index (κ2) is 17.9. The van der Waals surface area contributed by atoms with E-state index in [0.717, 1.165) is 5.57 Å². The van der Waals surface area contributed by atoms with Crippen molar-refractivity contribution in [3.05, 3.63) is 58.5 Å². The maximum Gasteiger partial charge on any atom is 0.303 e. The lowest BCUT2D eigenvalue weighted by molar-refractivity contribution is -0.149. The van der Waals surface area contributed by atoms with Gasteiger partial charge in [0, 0.05) is 64.5 Å². The maximum atomic E-state index is 13.8. The molecule has 0 saturated heterocycles. The van der Waals surface area contributed by atoms with E-state index in [1.165, 1.54) is 20.1 Å². The summed E-state index contributed by atoms with van der Waals surface area (Å²) in [6, 6.07) is 0. The molecule has 6 atom stereocenters. The number of fused-ring (bicyclic) bond motifs is 2. The topological polar surface area (TPSA) is 132 Å². The van der Waals surface area contributed by atoms with Gasteiger partial charge in [-0.1, -0.05) is 38.2 Å². The summed E-state index contributed by atoms with van der Waals surface area (Å²) in [5.74, 6) is -2.03. The fourth-order valence-corrected chi connectivity index (χ4v) is 5.59. The molecule has 1 aliphatic heterocycles. The standard InChI is InChI=1S/C34H51N3O8/c1-20-16-25-30(35-14-15-37(6)7)27(39)19-26(31(25)40)36-34(41)21(2)12-11-13-28(42-8)33(45-24(5)38)23(4)18-22(3)32(44-10)29(17-20)43-9/h11-13,18-20,22,28-29,32-33,35H,14-17H2,1-10H3,(H,36,41)/b13-11-,21-12+,23-18+/t20-,22+,28+,29+,32-,33+/m1/s1. The number of ketones is 2. The van der Waals surface area contributed by atoms with Crippen molar-refractivity contribution in [3.63, 3.8) is 0 Å². The highest BCUT2D eigenvalue weighted by Gasteiger charge is 2.34. The van der Waals surface area contributed by atoms with Crippen LogP contribution in [0.15, 0.2) is 58.5 Å². The van der Waals surface area contributed by atoms with E-state index >= 15 is 0 Å². The number of carbonyl (C=O) groups excluding carboxylic acids is 4. The molecule has 45 heavy (non-hydrogen) atoms. The molecule has 0 radical (unpaired) electrons. The van der Waals surface area contributed by atoms with Crippen LogP contribution in [0.5, 0.6) is 0 Å². The zero-order valence-corrected chi connectivity index (χ0v) is 28.4. The molecule has 0 spiro atoms. The minimum atomic E-state index is -0.730. The smallest absolute Gasteiger partial charge is 0.303 e. The first kappa shape index (κ1) is 37.8. The molecule has 2 N–H and O–H groups in total. The van der Waals surface area contributed by atoms with Gasteiger partial charge in [-0.15, -0.1) is 0 Å². The Hall–Kier alpha value is -3.38. The van der Waals surface area contributed by atoms with Crippen molar-refractivity contribution in [2.45, 2.75) is 71.9 Å². The van der Waals surface area contributed by atoms with Crippen molar-refractivity contribution in [1.82, 2.24) is 15.5 Å². The van der Waals surface area contributed by atoms with Crippen molar-refractivity contribution in [1.29, 1.82) is 0 Å². The molecule has 1 heterocycles. The minimum absolute atomic E-state index is 0.0730. The van der Waals surface area contributed by atoms with Gasteiger partial charge < -0.3 is 34.5 Å². The van der Waals surface area contributed by atoms with E-state index < -0.39 is 29.9 Å². The number of nitrogens with one attached hydrogen (secondary N) is 2. The number of methoxy groups -OCH3 is 3. The number of allylic oxidation sites excluding steroid dienone is 4. The fourth-order valence-electron chi connectivity index (χ4n) is 5.59. The number of hydrogen-bond donors (Lipinski definition) is 2. The van der Waals surface area contributed by atoms with Crippen LogP contribution in [-0.2, 0) is 38.1 Å². The van der Waals surface area contributed by atoms with E-state index in [1.807, 2.05) is 45.8 Å². The first-order chi connectivity index (χ1) is 21.2. The van der Waals surface area contributed by atoms with Gasteiger partial charge in [0.2, 0.25) is 11.6 Å². The normalized spacial score (nSPS) is 30.6. The van der Waals surface area contributed by atoms with Crippen LogP contribution in [0.4, 0.5) is 0 Å². The highest BCUT2D eigenvalue weighted by atomic mass is 16.6. The zero-order valence-electron chi connectivity index (χ0n) is 28.4. The number of hydrogen-bond acceptors (Lipinski definition) is 10. The number of Topliss-reactive ketones (excluding diaryl/α,β-unsaturated/α-hetero) is 1. The highest BCUT2D eigenvalue weighted by molar-refractivity contribution is 6.23. The summed E-state index contributed by atoms with van der Waals surface area (Å²) < 4.78 is 23.2. The molecule has 2 rings (SSSR count). The lowest BCUT2D eigenvalue weighted by Crippen LogP contribution is -2.39. The van der Waals surface area contributed by atoms with Crippen molar-refractivity contribution in [3.8, 4) is 0 Å². The zero-order chi connectivity index (χ0) is 33.8. The predicted molar refractivity (Wildman–Crippen MR) is 172 cm³/mol. The summed E-state index contributed by atoms with van der Waals surface area (Å²) in [5.41, 5.74) is 1.56. The molecule has 11 heteroatoms. The highest BCUT2D eigenvalue weighted by Crippen LogP contribution is 2.29. The SMILES string of the molecule is CO[C@H]1[C@@H](OC)C[C@H](C)CC2=C(NCCN(C)C)C(=O)C=C(NC(=O)/C(C)=C/C=C\[C@H](OC)[C@@H](OC(C)=O)/C(C)=C/[C@@H]1C)C2=O. The molecule has 2 bridgehead atoms. The number of ether oxygens (including phenoxy) is 4.